The van der Waals surface area contributed by atoms with Crippen LogP contribution >= 0.6 is 0 Å². The molecule has 1 atom stereocenters. The number of anilines is 1. The van der Waals surface area contributed by atoms with Crippen LogP contribution in [0.15, 0.2) is 48.7 Å². The molecule has 4 nitrogen and oxygen atoms in total. The van der Waals surface area contributed by atoms with Gasteiger partial charge in [0.15, 0.2) is 0 Å². The van der Waals surface area contributed by atoms with Gasteiger partial charge in [0, 0.05) is 17.4 Å². The third-order valence-corrected chi connectivity index (χ3v) is 3.76. The van der Waals surface area contributed by atoms with Gasteiger partial charge in [0.05, 0.1) is 30.0 Å². The molecule has 1 aliphatic rings. The molecule has 0 fully saturated rings. The van der Waals surface area contributed by atoms with Gasteiger partial charge in [-0.05, 0) is 12.1 Å². The molecule has 3 aromatic rings. The van der Waals surface area contributed by atoms with E-state index in [9.17, 15) is 0 Å². The highest BCUT2D eigenvalue weighted by Gasteiger charge is 2.21. The van der Waals surface area contributed by atoms with Crippen LogP contribution < -0.4 is 10.1 Å². The Morgan fingerprint density at radius 2 is 2.10 bits per heavy atom. The molecule has 2 N–H and O–H groups in total. The molecule has 0 saturated carbocycles. The molecule has 20 heavy (non-hydrogen) atoms. The Bertz CT molecular complexity index is 750. The van der Waals surface area contributed by atoms with E-state index >= 15 is 0 Å². The zero-order valence-electron chi connectivity index (χ0n) is 11.0. The lowest BCUT2D eigenvalue weighted by Crippen LogP contribution is -2.20. The Kier molecular flexibility index (Phi) is 2.59. The highest BCUT2D eigenvalue weighted by atomic mass is 16.5. The van der Waals surface area contributed by atoms with Gasteiger partial charge >= 0.3 is 0 Å². The van der Waals surface area contributed by atoms with Crippen LogP contribution in [0.3, 0.4) is 0 Å². The first-order valence-electron chi connectivity index (χ1n) is 6.82. The molecule has 4 heteroatoms. The number of nitrogens with one attached hydrogen (secondary N) is 2. The second-order valence-corrected chi connectivity index (χ2v) is 5.01. The van der Waals surface area contributed by atoms with Gasteiger partial charge < -0.3 is 10.1 Å². The van der Waals surface area contributed by atoms with Crippen molar-refractivity contribution >= 4 is 16.6 Å². The van der Waals surface area contributed by atoms with Crippen LogP contribution in [0.5, 0.6) is 5.75 Å². The lowest BCUT2D eigenvalue weighted by molar-refractivity contribution is 0.274. The summed E-state index contributed by atoms with van der Waals surface area (Å²) in [5, 5.41) is 11.9. The molecule has 0 saturated heterocycles. The summed E-state index contributed by atoms with van der Waals surface area (Å²) in [6, 6.07) is 14.7. The summed E-state index contributed by atoms with van der Waals surface area (Å²) >= 11 is 0. The number of ether oxygens (including phenoxy) is 1. The van der Waals surface area contributed by atoms with Gasteiger partial charge in [-0.15, -0.1) is 0 Å². The zero-order chi connectivity index (χ0) is 13.4. The lowest BCUT2D eigenvalue weighted by Gasteiger charge is -2.27. The molecule has 0 amide bonds. The number of aromatic nitrogens is 2. The molecule has 0 radical (unpaired) electrons. The number of fused-ring (bicyclic) bond motifs is 2. The quantitative estimate of drug-likeness (QED) is 0.745. The third-order valence-electron chi connectivity index (χ3n) is 3.76. The van der Waals surface area contributed by atoms with E-state index in [-0.39, 0.29) is 6.04 Å². The normalized spacial score (nSPS) is 17.5. The summed E-state index contributed by atoms with van der Waals surface area (Å²) in [6.07, 6.45) is 2.81. The van der Waals surface area contributed by atoms with Gasteiger partial charge in [-0.25, -0.2) is 0 Å². The fourth-order valence-corrected chi connectivity index (χ4v) is 2.77. The average molecular weight is 265 g/mol. The topological polar surface area (TPSA) is 49.9 Å². The first-order valence-corrected chi connectivity index (χ1v) is 6.82. The summed E-state index contributed by atoms with van der Waals surface area (Å²) < 4.78 is 5.70. The predicted molar refractivity (Wildman–Crippen MR) is 79.0 cm³/mol. The van der Waals surface area contributed by atoms with E-state index in [0.29, 0.717) is 0 Å². The largest absolute Gasteiger partial charge is 0.493 e. The first-order chi connectivity index (χ1) is 9.92. The van der Waals surface area contributed by atoms with Gasteiger partial charge in [-0.1, -0.05) is 30.3 Å². The van der Waals surface area contributed by atoms with Crippen molar-refractivity contribution in [2.75, 3.05) is 11.9 Å². The van der Waals surface area contributed by atoms with E-state index in [2.05, 4.69) is 39.8 Å². The molecule has 0 aliphatic carbocycles. The van der Waals surface area contributed by atoms with Crippen LogP contribution in [0.2, 0.25) is 0 Å². The smallest absolute Gasteiger partial charge is 0.124 e. The summed E-state index contributed by atoms with van der Waals surface area (Å²) in [5.41, 5.74) is 3.36. The standard InChI is InChI=1S/C16H15N3O/c1-2-7-15-12(5-1)13(8-9-20-15)18-14-6-3-4-11-10-17-19-16(11)14/h1-7,10,13,18H,8-9H2,(H,17,19). The van der Waals surface area contributed by atoms with E-state index in [4.69, 9.17) is 4.74 Å². The summed E-state index contributed by atoms with van der Waals surface area (Å²) in [5.74, 6) is 0.980. The molecule has 0 bridgehead atoms. The van der Waals surface area contributed by atoms with Crippen molar-refractivity contribution in [3.05, 3.63) is 54.2 Å². The maximum Gasteiger partial charge on any atom is 0.124 e. The zero-order valence-corrected chi connectivity index (χ0v) is 11.0. The number of nitrogens with zero attached hydrogens (tertiary/aromatic N) is 1. The van der Waals surface area contributed by atoms with Gasteiger partial charge in [0.2, 0.25) is 0 Å². The van der Waals surface area contributed by atoms with Crippen LogP contribution in [0.25, 0.3) is 10.9 Å². The molecule has 1 aliphatic heterocycles. The molecule has 1 unspecified atom stereocenters. The van der Waals surface area contributed by atoms with Crippen LogP contribution in [0.1, 0.15) is 18.0 Å². The van der Waals surface area contributed by atoms with E-state index in [1.165, 1.54) is 5.56 Å². The Morgan fingerprint density at radius 1 is 1.15 bits per heavy atom. The van der Waals surface area contributed by atoms with Crippen LogP contribution in [0, 0.1) is 0 Å². The van der Waals surface area contributed by atoms with Crippen molar-refractivity contribution in [3.8, 4) is 5.75 Å². The van der Waals surface area contributed by atoms with E-state index in [0.717, 1.165) is 35.4 Å². The number of hydrogen-bond donors (Lipinski definition) is 2. The molecule has 1 aromatic heterocycles. The van der Waals surface area contributed by atoms with E-state index < -0.39 is 0 Å². The third kappa shape index (κ3) is 1.81. The van der Waals surface area contributed by atoms with Crippen LogP contribution in [-0.4, -0.2) is 16.8 Å². The average Bonchev–Trinajstić information content (AvgIpc) is 2.97. The molecule has 2 heterocycles. The van der Waals surface area contributed by atoms with Gasteiger partial charge in [0.25, 0.3) is 0 Å². The molecule has 100 valence electrons. The molecule has 0 spiro atoms. The summed E-state index contributed by atoms with van der Waals surface area (Å²) in [7, 11) is 0. The second-order valence-electron chi connectivity index (χ2n) is 5.01. The predicted octanol–water partition coefficient (Wildman–Crippen LogP) is 3.50. The highest BCUT2D eigenvalue weighted by molar-refractivity contribution is 5.90. The number of rotatable bonds is 2. The molecule has 4 rings (SSSR count). The molecular weight excluding hydrogens is 250 g/mol. The fourth-order valence-electron chi connectivity index (χ4n) is 2.77. The van der Waals surface area contributed by atoms with Crippen LogP contribution in [0.4, 0.5) is 5.69 Å². The van der Waals surface area contributed by atoms with E-state index in [1.54, 1.807) is 0 Å². The van der Waals surface area contributed by atoms with Crippen molar-refractivity contribution in [2.45, 2.75) is 12.5 Å². The maximum absolute atomic E-state index is 5.70. The Hall–Kier alpha value is -2.49. The maximum atomic E-state index is 5.70. The minimum Gasteiger partial charge on any atom is -0.493 e. The monoisotopic (exact) mass is 265 g/mol. The Morgan fingerprint density at radius 3 is 3.10 bits per heavy atom. The van der Waals surface area contributed by atoms with Crippen molar-refractivity contribution in [1.29, 1.82) is 0 Å². The highest BCUT2D eigenvalue weighted by Crippen LogP contribution is 2.35. The summed E-state index contributed by atoms with van der Waals surface area (Å²) in [6.45, 7) is 0.744. The van der Waals surface area contributed by atoms with E-state index in [1.807, 2.05) is 24.4 Å². The minimum absolute atomic E-state index is 0.272. The first kappa shape index (κ1) is 11.3. The van der Waals surface area contributed by atoms with Crippen molar-refractivity contribution in [3.63, 3.8) is 0 Å². The fraction of sp³-hybridized carbons (Fsp3) is 0.188. The number of aromatic amines is 1. The van der Waals surface area contributed by atoms with Gasteiger partial charge in [0.1, 0.15) is 5.75 Å². The number of hydrogen-bond acceptors (Lipinski definition) is 3. The SMILES string of the molecule is c1ccc2c(c1)OCCC2Nc1cccc2cn[nH]c12. The van der Waals surface area contributed by atoms with Gasteiger partial charge in [-0.2, -0.15) is 5.10 Å². The second kappa shape index (κ2) is 4.56. The van der Waals surface area contributed by atoms with Crippen molar-refractivity contribution in [2.24, 2.45) is 0 Å². The van der Waals surface area contributed by atoms with Gasteiger partial charge in [-0.3, -0.25) is 5.10 Å². The lowest BCUT2D eigenvalue weighted by atomic mass is 10.00. The minimum atomic E-state index is 0.272. The summed E-state index contributed by atoms with van der Waals surface area (Å²) in [4.78, 5) is 0. The number of benzene rings is 2. The Labute approximate surface area is 116 Å². The number of para-hydroxylation sites is 2. The van der Waals surface area contributed by atoms with Crippen LogP contribution in [-0.2, 0) is 0 Å². The molecule has 2 aromatic carbocycles. The Balaban J connectivity index is 1.72. The van der Waals surface area contributed by atoms with Crippen molar-refractivity contribution < 1.29 is 4.74 Å². The van der Waals surface area contributed by atoms with Crippen molar-refractivity contribution in [1.82, 2.24) is 10.2 Å². The molecular formula is C16H15N3O. The number of H-pyrrole nitrogens is 1.